The van der Waals surface area contributed by atoms with Crippen LogP contribution in [-0.4, -0.2) is 21.6 Å². The molecule has 2 N–H and O–H groups in total. The van der Waals surface area contributed by atoms with Gasteiger partial charge in [-0.1, -0.05) is 30.3 Å². The van der Waals surface area contributed by atoms with Crippen LogP contribution in [0.2, 0.25) is 0 Å². The van der Waals surface area contributed by atoms with Crippen molar-refractivity contribution < 1.29 is 14.0 Å². The summed E-state index contributed by atoms with van der Waals surface area (Å²) in [5.74, 6) is -1.90. The van der Waals surface area contributed by atoms with Crippen molar-refractivity contribution >= 4 is 11.8 Å². The predicted molar refractivity (Wildman–Crippen MR) is 96.9 cm³/mol. The second-order valence-corrected chi connectivity index (χ2v) is 6.26. The molecule has 0 fully saturated rings. The van der Waals surface area contributed by atoms with Crippen molar-refractivity contribution in [3.63, 3.8) is 0 Å². The zero-order valence-electron chi connectivity index (χ0n) is 14.4. The Bertz CT molecular complexity index is 1010. The van der Waals surface area contributed by atoms with Crippen molar-refractivity contribution in [2.75, 3.05) is 0 Å². The Balaban J connectivity index is 1.55. The molecule has 0 radical (unpaired) electrons. The van der Waals surface area contributed by atoms with Gasteiger partial charge in [-0.05, 0) is 43.5 Å². The number of benzene rings is 2. The van der Waals surface area contributed by atoms with E-state index in [0.717, 1.165) is 36.2 Å². The van der Waals surface area contributed by atoms with Crippen LogP contribution in [0.4, 0.5) is 4.39 Å². The molecule has 0 bridgehead atoms. The molecule has 0 spiro atoms. The Labute approximate surface area is 155 Å². The van der Waals surface area contributed by atoms with E-state index in [0.29, 0.717) is 0 Å². The smallest absolute Gasteiger partial charge is 0.267 e. The summed E-state index contributed by atoms with van der Waals surface area (Å²) >= 11 is 0. The number of aromatic nitrogens is 2. The summed E-state index contributed by atoms with van der Waals surface area (Å²) in [4.78, 5) is 24.6. The molecule has 4 rings (SSSR count). The lowest BCUT2D eigenvalue weighted by Gasteiger charge is -2.07. The van der Waals surface area contributed by atoms with E-state index in [1.165, 1.54) is 18.2 Å². The number of carbonyl (C=O) groups excluding carboxylic acids is 2. The topological polar surface area (TPSA) is 76.0 Å². The van der Waals surface area contributed by atoms with Crippen LogP contribution in [-0.2, 0) is 12.8 Å². The molecule has 3 aromatic rings. The lowest BCUT2D eigenvalue weighted by Crippen LogP contribution is -2.42. The van der Waals surface area contributed by atoms with Crippen LogP contribution >= 0.6 is 0 Å². The van der Waals surface area contributed by atoms with E-state index >= 15 is 0 Å². The van der Waals surface area contributed by atoms with Crippen molar-refractivity contribution in [2.24, 2.45) is 0 Å². The van der Waals surface area contributed by atoms with Gasteiger partial charge in [0.15, 0.2) is 5.69 Å². The van der Waals surface area contributed by atoms with E-state index in [1.54, 1.807) is 10.7 Å². The zero-order chi connectivity index (χ0) is 18.8. The van der Waals surface area contributed by atoms with Gasteiger partial charge in [-0.25, -0.2) is 9.07 Å². The SMILES string of the molecule is O=C(NNC(=O)c1nn(-c2ccccc2)c2c1CCC2)c1ccccc1F. The lowest BCUT2D eigenvalue weighted by atomic mass is 10.2. The van der Waals surface area contributed by atoms with E-state index in [-0.39, 0.29) is 11.3 Å². The molecule has 0 saturated carbocycles. The fraction of sp³-hybridized carbons (Fsp3) is 0.150. The second kappa shape index (κ2) is 7.03. The van der Waals surface area contributed by atoms with E-state index in [4.69, 9.17) is 0 Å². The number of rotatable bonds is 3. The van der Waals surface area contributed by atoms with Crippen LogP contribution in [0.5, 0.6) is 0 Å². The van der Waals surface area contributed by atoms with Gasteiger partial charge in [0.1, 0.15) is 5.82 Å². The first kappa shape index (κ1) is 17.0. The maximum absolute atomic E-state index is 13.7. The quantitative estimate of drug-likeness (QED) is 0.702. The molecule has 1 aliphatic carbocycles. The van der Waals surface area contributed by atoms with E-state index in [2.05, 4.69) is 16.0 Å². The van der Waals surface area contributed by atoms with Crippen molar-refractivity contribution in [3.05, 3.63) is 82.9 Å². The molecular weight excluding hydrogens is 347 g/mol. The maximum atomic E-state index is 13.7. The fourth-order valence-electron chi connectivity index (χ4n) is 3.29. The first-order valence-electron chi connectivity index (χ1n) is 8.66. The van der Waals surface area contributed by atoms with Crippen LogP contribution in [0.1, 0.15) is 38.5 Å². The van der Waals surface area contributed by atoms with Crippen LogP contribution < -0.4 is 10.9 Å². The standard InChI is InChI=1S/C20H17FN4O2/c21-16-11-5-4-9-14(16)19(26)22-23-20(27)18-15-10-6-12-17(15)25(24-18)13-7-2-1-3-8-13/h1-5,7-9,11H,6,10,12H2,(H,22,26)(H,23,27). The molecule has 2 amide bonds. The lowest BCUT2D eigenvalue weighted by molar-refractivity contribution is 0.0841. The van der Waals surface area contributed by atoms with Crippen LogP contribution in [0, 0.1) is 5.82 Å². The first-order valence-corrected chi connectivity index (χ1v) is 8.66. The number of amides is 2. The molecule has 0 aliphatic heterocycles. The fourth-order valence-corrected chi connectivity index (χ4v) is 3.29. The highest BCUT2D eigenvalue weighted by Crippen LogP contribution is 2.27. The minimum absolute atomic E-state index is 0.141. The van der Waals surface area contributed by atoms with E-state index < -0.39 is 17.6 Å². The van der Waals surface area contributed by atoms with Crippen molar-refractivity contribution in [1.82, 2.24) is 20.6 Å². The van der Waals surface area contributed by atoms with E-state index in [1.807, 2.05) is 30.3 Å². The largest absolute Gasteiger partial charge is 0.290 e. The third-order valence-corrected chi connectivity index (χ3v) is 4.55. The summed E-state index contributed by atoms with van der Waals surface area (Å²) in [5, 5.41) is 4.45. The van der Waals surface area contributed by atoms with Gasteiger partial charge in [-0.2, -0.15) is 5.10 Å². The summed E-state index contributed by atoms with van der Waals surface area (Å²) < 4.78 is 15.4. The highest BCUT2D eigenvalue weighted by molar-refractivity contribution is 5.99. The maximum Gasteiger partial charge on any atom is 0.290 e. The normalized spacial score (nSPS) is 12.5. The second-order valence-electron chi connectivity index (χ2n) is 6.26. The Hall–Kier alpha value is -3.48. The van der Waals surface area contributed by atoms with Gasteiger partial charge in [-0.15, -0.1) is 0 Å². The molecule has 6 nitrogen and oxygen atoms in total. The molecular formula is C20H17FN4O2. The Morgan fingerprint density at radius 3 is 2.41 bits per heavy atom. The molecule has 7 heteroatoms. The van der Waals surface area contributed by atoms with E-state index in [9.17, 15) is 14.0 Å². The summed E-state index contributed by atoms with van der Waals surface area (Å²) in [7, 11) is 0. The summed E-state index contributed by atoms with van der Waals surface area (Å²) in [5.41, 5.74) is 7.50. The monoisotopic (exact) mass is 364 g/mol. The van der Waals surface area contributed by atoms with Crippen molar-refractivity contribution in [2.45, 2.75) is 19.3 Å². The van der Waals surface area contributed by atoms with Gasteiger partial charge in [-0.3, -0.25) is 20.4 Å². The third kappa shape index (κ3) is 3.19. The van der Waals surface area contributed by atoms with Crippen molar-refractivity contribution in [1.29, 1.82) is 0 Å². The Kier molecular flexibility index (Phi) is 4.42. The van der Waals surface area contributed by atoms with Gasteiger partial charge in [0.05, 0.1) is 11.3 Å². The Morgan fingerprint density at radius 1 is 0.926 bits per heavy atom. The van der Waals surface area contributed by atoms with Gasteiger partial charge in [0.2, 0.25) is 0 Å². The summed E-state index contributed by atoms with van der Waals surface area (Å²) in [6, 6.07) is 15.2. The average Bonchev–Trinajstić information content (AvgIpc) is 3.29. The van der Waals surface area contributed by atoms with Gasteiger partial charge >= 0.3 is 0 Å². The number of nitrogens with one attached hydrogen (secondary N) is 2. The highest BCUT2D eigenvalue weighted by atomic mass is 19.1. The molecule has 2 aromatic carbocycles. The highest BCUT2D eigenvalue weighted by Gasteiger charge is 2.27. The first-order chi connectivity index (χ1) is 13.1. The molecule has 1 aromatic heterocycles. The summed E-state index contributed by atoms with van der Waals surface area (Å²) in [6.07, 6.45) is 2.54. The molecule has 1 heterocycles. The molecule has 1 aliphatic rings. The minimum atomic E-state index is -0.722. The molecule has 0 saturated heterocycles. The number of hydrogen-bond donors (Lipinski definition) is 2. The molecule has 27 heavy (non-hydrogen) atoms. The molecule has 136 valence electrons. The van der Waals surface area contributed by atoms with Crippen LogP contribution in [0.15, 0.2) is 54.6 Å². The van der Waals surface area contributed by atoms with Crippen LogP contribution in [0.3, 0.4) is 0 Å². The number of hydrogen-bond acceptors (Lipinski definition) is 3. The van der Waals surface area contributed by atoms with Crippen LogP contribution in [0.25, 0.3) is 5.69 Å². The Morgan fingerprint density at radius 2 is 1.63 bits per heavy atom. The molecule has 0 unspecified atom stereocenters. The predicted octanol–water partition coefficient (Wildman–Crippen LogP) is 2.57. The number of para-hydroxylation sites is 1. The van der Waals surface area contributed by atoms with Gasteiger partial charge in [0, 0.05) is 11.3 Å². The number of halogens is 1. The molecule has 0 atom stereocenters. The number of fused-ring (bicyclic) bond motifs is 1. The third-order valence-electron chi connectivity index (χ3n) is 4.55. The van der Waals surface area contributed by atoms with Gasteiger partial charge in [0.25, 0.3) is 11.8 Å². The average molecular weight is 364 g/mol. The zero-order valence-corrected chi connectivity index (χ0v) is 14.4. The van der Waals surface area contributed by atoms with Gasteiger partial charge < -0.3 is 0 Å². The summed E-state index contributed by atoms with van der Waals surface area (Å²) in [6.45, 7) is 0. The number of carbonyl (C=O) groups is 2. The number of nitrogens with zero attached hydrogens (tertiary/aromatic N) is 2. The number of hydrazine groups is 1. The van der Waals surface area contributed by atoms with Crippen molar-refractivity contribution in [3.8, 4) is 5.69 Å². The minimum Gasteiger partial charge on any atom is -0.267 e.